The van der Waals surface area contributed by atoms with Gasteiger partial charge in [-0.15, -0.1) is 11.3 Å². The summed E-state index contributed by atoms with van der Waals surface area (Å²) in [5, 5.41) is 4.33. The van der Waals surface area contributed by atoms with Crippen molar-refractivity contribution in [1.29, 1.82) is 0 Å². The molecule has 3 rings (SSSR count). The van der Waals surface area contributed by atoms with E-state index in [1.807, 2.05) is 0 Å². The molecule has 24 heavy (non-hydrogen) atoms. The van der Waals surface area contributed by atoms with Crippen LogP contribution in [0.2, 0.25) is 10.0 Å². The molecule has 0 aliphatic heterocycles. The third-order valence-electron chi connectivity index (χ3n) is 4.04. The Kier molecular flexibility index (Phi) is 5.13. The molecule has 0 unspecified atom stereocenters. The second-order valence-electron chi connectivity index (χ2n) is 5.74. The lowest BCUT2D eigenvalue weighted by Crippen LogP contribution is -2.19. The van der Waals surface area contributed by atoms with Gasteiger partial charge in [-0.25, -0.2) is 0 Å². The SMILES string of the molecule is NC(=O)c1c(NC(=O)Cc2ccc(Cl)cc2Cl)sc2c1CCCC2. The van der Waals surface area contributed by atoms with Crippen LogP contribution >= 0.6 is 34.5 Å². The minimum Gasteiger partial charge on any atom is -0.365 e. The van der Waals surface area contributed by atoms with Crippen LogP contribution in [0.5, 0.6) is 0 Å². The van der Waals surface area contributed by atoms with Gasteiger partial charge in [0, 0.05) is 14.9 Å². The van der Waals surface area contributed by atoms with Crippen molar-refractivity contribution in [2.75, 3.05) is 5.32 Å². The number of carbonyl (C=O) groups is 2. The van der Waals surface area contributed by atoms with Gasteiger partial charge in [0.1, 0.15) is 5.00 Å². The number of primary amides is 1. The molecule has 0 saturated heterocycles. The molecule has 1 aromatic carbocycles. The van der Waals surface area contributed by atoms with Crippen molar-refractivity contribution in [3.63, 3.8) is 0 Å². The first-order valence-electron chi connectivity index (χ1n) is 7.64. The fourth-order valence-corrected chi connectivity index (χ4v) is 4.71. The number of thiophene rings is 1. The molecule has 126 valence electrons. The largest absolute Gasteiger partial charge is 0.365 e. The Balaban J connectivity index is 1.81. The molecule has 0 bridgehead atoms. The number of fused-ring (bicyclic) bond motifs is 1. The van der Waals surface area contributed by atoms with E-state index in [0.717, 1.165) is 36.1 Å². The van der Waals surface area contributed by atoms with Crippen LogP contribution in [0.4, 0.5) is 5.00 Å². The maximum Gasteiger partial charge on any atom is 0.251 e. The first-order valence-corrected chi connectivity index (χ1v) is 9.21. The number of nitrogens with one attached hydrogen (secondary N) is 1. The van der Waals surface area contributed by atoms with E-state index in [2.05, 4.69) is 5.32 Å². The highest BCUT2D eigenvalue weighted by atomic mass is 35.5. The van der Waals surface area contributed by atoms with Crippen LogP contribution in [0.25, 0.3) is 0 Å². The molecule has 0 radical (unpaired) electrons. The second kappa shape index (κ2) is 7.13. The third-order valence-corrected chi connectivity index (χ3v) is 5.83. The topological polar surface area (TPSA) is 72.2 Å². The fraction of sp³-hybridized carbons (Fsp3) is 0.294. The number of anilines is 1. The molecule has 0 saturated carbocycles. The normalized spacial score (nSPS) is 13.4. The van der Waals surface area contributed by atoms with Crippen molar-refractivity contribution in [2.24, 2.45) is 5.73 Å². The van der Waals surface area contributed by atoms with Crippen LogP contribution in [0.1, 0.15) is 39.2 Å². The maximum atomic E-state index is 12.4. The summed E-state index contributed by atoms with van der Waals surface area (Å²) in [6.45, 7) is 0. The zero-order chi connectivity index (χ0) is 17.3. The van der Waals surface area contributed by atoms with Crippen molar-refractivity contribution in [3.05, 3.63) is 49.8 Å². The number of carbonyl (C=O) groups excluding carboxylic acids is 2. The van der Waals surface area contributed by atoms with Crippen molar-refractivity contribution in [2.45, 2.75) is 32.1 Å². The average molecular weight is 383 g/mol. The molecule has 0 spiro atoms. The molecule has 1 heterocycles. The first-order chi connectivity index (χ1) is 11.5. The summed E-state index contributed by atoms with van der Waals surface area (Å²) < 4.78 is 0. The number of aryl methyl sites for hydroxylation is 1. The molecule has 0 atom stereocenters. The molecule has 1 aromatic heterocycles. The highest BCUT2D eigenvalue weighted by Crippen LogP contribution is 2.38. The Bertz CT molecular complexity index is 817. The van der Waals surface area contributed by atoms with Crippen LogP contribution in [0.15, 0.2) is 18.2 Å². The van der Waals surface area contributed by atoms with Gasteiger partial charge in [-0.1, -0.05) is 29.3 Å². The minimum atomic E-state index is -0.491. The third kappa shape index (κ3) is 3.58. The monoisotopic (exact) mass is 382 g/mol. The summed E-state index contributed by atoms with van der Waals surface area (Å²) in [5.74, 6) is -0.727. The van der Waals surface area contributed by atoms with E-state index in [1.165, 1.54) is 11.3 Å². The highest BCUT2D eigenvalue weighted by Gasteiger charge is 2.25. The summed E-state index contributed by atoms with van der Waals surface area (Å²) in [6.07, 6.45) is 4.01. The van der Waals surface area contributed by atoms with Crippen LogP contribution in [0.3, 0.4) is 0 Å². The zero-order valence-electron chi connectivity index (χ0n) is 12.8. The van der Waals surface area contributed by atoms with Crippen LogP contribution < -0.4 is 11.1 Å². The number of benzene rings is 1. The Morgan fingerprint density at radius 1 is 1.21 bits per heavy atom. The Labute approximate surface area is 153 Å². The number of nitrogens with two attached hydrogens (primary N) is 1. The zero-order valence-corrected chi connectivity index (χ0v) is 15.2. The van der Waals surface area contributed by atoms with Gasteiger partial charge in [-0.2, -0.15) is 0 Å². The molecular weight excluding hydrogens is 367 g/mol. The molecule has 3 N–H and O–H groups in total. The summed E-state index contributed by atoms with van der Waals surface area (Å²) in [6, 6.07) is 5.01. The molecule has 7 heteroatoms. The van der Waals surface area contributed by atoms with Gasteiger partial charge >= 0.3 is 0 Å². The smallest absolute Gasteiger partial charge is 0.251 e. The number of halogens is 2. The standard InChI is InChI=1S/C17H16Cl2N2O2S/c18-10-6-5-9(12(19)8-10)7-14(22)21-17-15(16(20)23)11-3-1-2-4-13(11)24-17/h5-6,8H,1-4,7H2,(H2,20,23)(H,21,22). The van der Waals surface area contributed by atoms with E-state index in [0.29, 0.717) is 26.2 Å². The summed E-state index contributed by atoms with van der Waals surface area (Å²) >= 11 is 13.4. The predicted molar refractivity (Wildman–Crippen MR) is 98.3 cm³/mol. The Morgan fingerprint density at radius 3 is 2.67 bits per heavy atom. The van der Waals surface area contributed by atoms with Crippen LogP contribution in [-0.4, -0.2) is 11.8 Å². The lowest BCUT2D eigenvalue weighted by atomic mass is 9.95. The number of hydrogen-bond donors (Lipinski definition) is 2. The van der Waals surface area contributed by atoms with Crippen molar-refractivity contribution in [1.82, 2.24) is 0 Å². The van der Waals surface area contributed by atoms with E-state index in [-0.39, 0.29) is 12.3 Å². The Morgan fingerprint density at radius 2 is 1.96 bits per heavy atom. The molecule has 4 nitrogen and oxygen atoms in total. The van der Waals surface area contributed by atoms with Crippen molar-refractivity contribution in [3.8, 4) is 0 Å². The van der Waals surface area contributed by atoms with Gasteiger partial charge in [0.25, 0.3) is 5.91 Å². The van der Waals surface area contributed by atoms with E-state index in [1.54, 1.807) is 18.2 Å². The van der Waals surface area contributed by atoms with E-state index in [9.17, 15) is 9.59 Å². The second-order valence-corrected chi connectivity index (χ2v) is 7.69. The van der Waals surface area contributed by atoms with Gasteiger partial charge in [-0.3, -0.25) is 9.59 Å². The Hall–Kier alpha value is -1.56. The minimum absolute atomic E-state index is 0.108. The molecular formula is C17H16Cl2N2O2S. The van der Waals surface area contributed by atoms with Gasteiger partial charge in [0.15, 0.2) is 0 Å². The summed E-state index contributed by atoms with van der Waals surface area (Å²) in [5.41, 5.74) is 7.68. The molecule has 0 fully saturated rings. The average Bonchev–Trinajstić information content (AvgIpc) is 2.87. The van der Waals surface area contributed by atoms with Gasteiger partial charge in [0.05, 0.1) is 12.0 Å². The fourth-order valence-electron chi connectivity index (χ4n) is 2.92. The molecule has 1 aliphatic rings. The predicted octanol–water partition coefficient (Wildman–Crippen LogP) is 4.21. The van der Waals surface area contributed by atoms with Crippen molar-refractivity contribution < 1.29 is 9.59 Å². The van der Waals surface area contributed by atoms with Gasteiger partial charge in [0.2, 0.25) is 5.91 Å². The van der Waals surface area contributed by atoms with E-state index in [4.69, 9.17) is 28.9 Å². The summed E-state index contributed by atoms with van der Waals surface area (Å²) in [7, 11) is 0. The quantitative estimate of drug-likeness (QED) is 0.830. The highest BCUT2D eigenvalue weighted by molar-refractivity contribution is 7.17. The van der Waals surface area contributed by atoms with Crippen LogP contribution in [0, 0.1) is 0 Å². The molecule has 2 amide bonds. The van der Waals surface area contributed by atoms with Gasteiger partial charge in [-0.05, 0) is 48.9 Å². The maximum absolute atomic E-state index is 12.4. The number of hydrogen-bond acceptors (Lipinski definition) is 3. The summed E-state index contributed by atoms with van der Waals surface area (Å²) in [4.78, 5) is 25.3. The van der Waals surface area contributed by atoms with Crippen molar-refractivity contribution >= 4 is 51.4 Å². The van der Waals surface area contributed by atoms with Crippen LogP contribution in [-0.2, 0) is 24.1 Å². The number of amides is 2. The molecule has 2 aromatic rings. The molecule has 1 aliphatic carbocycles. The first kappa shape index (κ1) is 17.3. The lowest BCUT2D eigenvalue weighted by Gasteiger charge is -2.11. The van der Waals surface area contributed by atoms with Gasteiger partial charge < -0.3 is 11.1 Å². The van der Waals surface area contributed by atoms with E-state index < -0.39 is 5.91 Å². The lowest BCUT2D eigenvalue weighted by molar-refractivity contribution is -0.115. The van der Waals surface area contributed by atoms with E-state index >= 15 is 0 Å². The number of rotatable bonds is 4.